The summed E-state index contributed by atoms with van der Waals surface area (Å²) in [5.74, 6) is 0. The zero-order chi connectivity index (χ0) is 7.11. The predicted molar refractivity (Wildman–Crippen MR) is 33.8 cm³/mol. The van der Waals surface area contributed by atoms with Crippen molar-refractivity contribution in [1.82, 2.24) is 4.90 Å². The molecule has 0 amide bonds. The molecule has 3 heteroatoms. The van der Waals surface area contributed by atoms with Crippen LogP contribution < -0.4 is 0 Å². The van der Waals surface area contributed by atoms with Crippen molar-refractivity contribution < 1.29 is 8.78 Å². The van der Waals surface area contributed by atoms with E-state index in [0.717, 1.165) is 6.42 Å². The van der Waals surface area contributed by atoms with Crippen LogP contribution in [0.5, 0.6) is 0 Å². The largest absolute Gasteiger partial charge is 0.274 e. The monoisotopic (exact) mass is 137 g/mol. The van der Waals surface area contributed by atoms with Crippen molar-refractivity contribution in [3.8, 4) is 0 Å². The Bertz CT molecular complexity index is 53.0. The third-order valence-electron chi connectivity index (χ3n) is 1.11. The van der Waals surface area contributed by atoms with Gasteiger partial charge in [0.2, 0.25) is 0 Å². The van der Waals surface area contributed by atoms with E-state index in [9.17, 15) is 8.78 Å². The Morgan fingerprint density at radius 1 is 1.22 bits per heavy atom. The van der Waals surface area contributed by atoms with Crippen molar-refractivity contribution in [1.29, 1.82) is 0 Å². The van der Waals surface area contributed by atoms with E-state index in [2.05, 4.69) is 0 Å². The molecule has 56 valence electrons. The van der Waals surface area contributed by atoms with Crippen LogP contribution in [0.3, 0.4) is 0 Å². The van der Waals surface area contributed by atoms with E-state index in [0.29, 0.717) is 6.54 Å². The second kappa shape index (κ2) is 5.95. The van der Waals surface area contributed by atoms with Crippen LogP contribution in [0.25, 0.3) is 0 Å². The van der Waals surface area contributed by atoms with Crippen molar-refractivity contribution >= 4 is 0 Å². The maximum atomic E-state index is 11.8. The molecule has 0 bridgehead atoms. The van der Waals surface area contributed by atoms with E-state index < -0.39 is 13.5 Å². The van der Waals surface area contributed by atoms with Gasteiger partial charge in [0, 0.05) is 13.1 Å². The molecule has 0 rings (SSSR count). The Morgan fingerprint density at radius 2 is 1.89 bits per heavy atom. The van der Waals surface area contributed by atoms with Gasteiger partial charge in [-0.3, -0.25) is 4.90 Å². The maximum Gasteiger partial charge on any atom is 0.143 e. The van der Waals surface area contributed by atoms with Crippen LogP contribution in [0.15, 0.2) is 0 Å². The summed E-state index contributed by atoms with van der Waals surface area (Å²) in [4.78, 5) is 1.44. The second-order valence-corrected chi connectivity index (χ2v) is 1.93. The summed E-state index contributed by atoms with van der Waals surface area (Å²) in [6.07, 6.45) is 0.879. The first-order valence-electron chi connectivity index (χ1n) is 3.19. The van der Waals surface area contributed by atoms with E-state index in [1.807, 2.05) is 6.92 Å². The highest BCUT2D eigenvalue weighted by Gasteiger charge is 1.99. The summed E-state index contributed by atoms with van der Waals surface area (Å²) in [6.45, 7) is 1.84. The van der Waals surface area contributed by atoms with Crippen LogP contribution in [0.4, 0.5) is 8.78 Å². The average molecular weight is 137 g/mol. The van der Waals surface area contributed by atoms with E-state index in [4.69, 9.17) is 0 Å². The van der Waals surface area contributed by atoms with Crippen LogP contribution >= 0.6 is 0 Å². The number of rotatable bonds is 5. The van der Waals surface area contributed by atoms with E-state index in [-0.39, 0.29) is 6.54 Å². The number of nitrogens with zero attached hydrogens (tertiary/aromatic N) is 1. The van der Waals surface area contributed by atoms with Crippen molar-refractivity contribution in [2.75, 3.05) is 26.6 Å². The molecule has 0 radical (unpaired) electrons. The molecule has 0 unspecified atom stereocenters. The minimum Gasteiger partial charge on any atom is -0.274 e. The van der Waals surface area contributed by atoms with Crippen LogP contribution in [-0.2, 0) is 0 Å². The summed E-state index contributed by atoms with van der Waals surface area (Å²) in [5, 5.41) is 0. The third kappa shape index (κ3) is 4.33. The Balaban J connectivity index is 3.18. The molecular formula is C6H13F2N. The summed E-state index contributed by atoms with van der Waals surface area (Å²) in [7, 11) is 0. The second-order valence-electron chi connectivity index (χ2n) is 1.93. The third-order valence-corrected chi connectivity index (χ3v) is 1.11. The molecule has 0 aromatic carbocycles. The van der Waals surface area contributed by atoms with Gasteiger partial charge in [-0.2, -0.15) is 0 Å². The first-order valence-corrected chi connectivity index (χ1v) is 3.19. The molecule has 0 heterocycles. The van der Waals surface area contributed by atoms with Crippen molar-refractivity contribution in [3.63, 3.8) is 0 Å². The highest BCUT2D eigenvalue weighted by molar-refractivity contribution is 4.48. The SMILES string of the molecule is CCCN(CF)CCF. The molecule has 0 spiro atoms. The summed E-state index contributed by atoms with van der Waals surface area (Å²) in [5.41, 5.74) is 0. The van der Waals surface area contributed by atoms with Gasteiger partial charge in [0.25, 0.3) is 0 Å². The zero-order valence-electron chi connectivity index (χ0n) is 5.74. The van der Waals surface area contributed by atoms with Crippen molar-refractivity contribution in [2.24, 2.45) is 0 Å². The number of alkyl halides is 2. The van der Waals surface area contributed by atoms with Gasteiger partial charge in [-0.1, -0.05) is 6.92 Å². The Morgan fingerprint density at radius 3 is 2.22 bits per heavy atom. The fourth-order valence-corrected chi connectivity index (χ4v) is 0.667. The molecule has 0 aromatic rings. The highest BCUT2D eigenvalue weighted by Crippen LogP contribution is 1.90. The highest BCUT2D eigenvalue weighted by atomic mass is 19.1. The molecule has 9 heavy (non-hydrogen) atoms. The minimum atomic E-state index is -0.530. The molecule has 0 aliphatic carbocycles. The van der Waals surface area contributed by atoms with Gasteiger partial charge < -0.3 is 0 Å². The van der Waals surface area contributed by atoms with Crippen LogP contribution in [-0.4, -0.2) is 31.5 Å². The smallest absolute Gasteiger partial charge is 0.143 e. The lowest BCUT2D eigenvalue weighted by atomic mass is 10.4. The van der Waals surface area contributed by atoms with Gasteiger partial charge in [-0.25, -0.2) is 8.78 Å². The van der Waals surface area contributed by atoms with Gasteiger partial charge in [-0.05, 0) is 6.42 Å². The molecule has 0 saturated heterocycles. The lowest BCUT2D eigenvalue weighted by Crippen LogP contribution is -2.25. The summed E-state index contributed by atoms with van der Waals surface area (Å²) in [6, 6.07) is 0. The van der Waals surface area contributed by atoms with Gasteiger partial charge in [0.15, 0.2) is 0 Å². The van der Waals surface area contributed by atoms with Crippen LogP contribution in [0.2, 0.25) is 0 Å². The molecular weight excluding hydrogens is 124 g/mol. The summed E-state index contributed by atoms with van der Waals surface area (Å²) < 4.78 is 23.3. The van der Waals surface area contributed by atoms with Gasteiger partial charge in [0.1, 0.15) is 13.5 Å². The van der Waals surface area contributed by atoms with Gasteiger partial charge >= 0.3 is 0 Å². The number of hydrogen-bond acceptors (Lipinski definition) is 1. The molecule has 1 nitrogen and oxygen atoms in total. The summed E-state index contributed by atoms with van der Waals surface area (Å²) >= 11 is 0. The number of hydrogen-bond donors (Lipinski definition) is 0. The quantitative estimate of drug-likeness (QED) is 0.520. The first-order chi connectivity index (χ1) is 4.35. The van der Waals surface area contributed by atoms with E-state index in [1.54, 1.807) is 0 Å². The van der Waals surface area contributed by atoms with Crippen molar-refractivity contribution in [3.05, 3.63) is 0 Å². The van der Waals surface area contributed by atoms with Gasteiger partial charge in [0.05, 0.1) is 0 Å². The average Bonchev–Trinajstić information content (AvgIpc) is 1.88. The van der Waals surface area contributed by atoms with Gasteiger partial charge in [-0.15, -0.1) is 0 Å². The molecule has 0 aliphatic rings. The predicted octanol–water partition coefficient (Wildman–Crippen LogP) is 1.59. The zero-order valence-corrected chi connectivity index (χ0v) is 5.74. The van der Waals surface area contributed by atoms with E-state index >= 15 is 0 Å². The fourth-order valence-electron chi connectivity index (χ4n) is 0.667. The minimum absolute atomic E-state index is 0.227. The normalized spacial score (nSPS) is 10.7. The maximum absolute atomic E-state index is 11.8. The molecule has 0 saturated carbocycles. The fraction of sp³-hybridized carbons (Fsp3) is 1.00. The van der Waals surface area contributed by atoms with E-state index in [1.165, 1.54) is 4.90 Å². The Hall–Kier alpha value is -0.180. The standard InChI is InChI=1S/C6H13F2N/c1-2-4-9(6-8)5-3-7/h2-6H2,1H3. The topological polar surface area (TPSA) is 3.24 Å². The van der Waals surface area contributed by atoms with Crippen LogP contribution in [0.1, 0.15) is 13.3 Å². The molecule has 0 fully saturated rings. The molecule has 0 aliphatic heterocycles. The number of halogens is 2. The molecule has 0 N–H and O–H groups in total. The van der Waals surface area contributed by atoms with Crippen LogP contribution in [0, 0.1) is 0 Å². The first kappa shape index (κ1) is 8.82. The Kier molecular flexibility index (Phi) is 5.83. The lowest BCUT2D eigenvalue weighted by molar-refractivity contribution is 0.172. The molecule has 0 atom stereocenters. The molecule has 0 aromatic heterocycles. The van der Waals surface area contributed by atoms with Crippen molar-refractivity contribution in [2.45, 2.75) is 13.3 Å². The Labute approximate surface area is 54.7 Å². The lowest BCUT2D eigenvalue weighted by Gasteiger charge is -2.14.